The number of amides is 1. The maximum atomic E-state index is 13.4. The van der Waals surface area contributed by atoms with Crippen LogP contribution in [-0.2, 0) is 21.4 Å². The first kappa shape index (κ1) is 22.0. The molecule has 0 radical (unpaired) electrons. The number of carbonyl (C=O) groups excluding carboxylic acids is 1. The summed E-state index contributed by atoms with van der Waals surface area (Å²) in [7, 11) is -3.98. The molecular weight excluding hydrogens is 427 g/mol. The van der Waals surface area contributed by atoms with Gasteiger partial charge in [0.05, 0.1) is 11.4 Å². The van der Waals surface area contributed by atoms with Crippen LogP contribution in [0.4, 0.5) is 10.1 Å². The summed E-state index contributed by atoms with van der Waals surface area (Å²) in [6.07, 6.45) is 0. The Hall–Kier alpha value is -2.74. The van der Waals surface area contributed by atoms with E-state index in [0.717, 1.165) is 21.5 Å². The second kappa shape index (κ2) is 9.38. The summed E-state index contributed by atoms with van der Waals surface area (Å²) in [5.41, 5.74) is 1.96. The Morgan fingerprint density at radius 2 is 1.73 bits per heavy atom. The number of sulfonamides is 1. The van der Waals surface area contributed by atoms with Gasteiger partial charge in [0.1, 0.15) is 5.82 Å². The molecule has 0 aliphatic heterocycles. The molecule has 5 nitrogen and oxygen atoms in total. The Balaban J connectivity index is 1.88. The maximum Gasteiger partial charge on any atom is 0.243 e. The van der Waals surface area contributed by atoms with Gasteiger partial charge >= 0.3 is 0 Å². The summed E-state index contributed by atoms with van der Waals surface area (Å²) in [5.74, 6) is -1.08. The summed E-state index contributed by atoms with van der Waals surface area (Å²) in [6.45, 7) is 1.47. The van der Waals surface area contributed by atoms with E-state index >= 15 is 0 Å². The fraction of sp³-hybridized carbons (Fsp3) is 0.136. The summed E-state index contributed by atoms with van der Waals surface area (Å²) < 4.78 is 40.9. The minimum absolute atomic E-state index is 0.00319. The number of rotatable bonds is 7. The van der Waals surface area contributed by atoms with Crippen LogP contribution < -0.4 is 5.32 Å². The third kappa shape index (κ3) is 5.66. The van der Waals surface area contributed by atoms with Gasteiger partial charge in [-0.2, -0.15) is 4.31 Å². The van der Waals surface area contributed by atoms with Crippen molar-refractivity contribution in [3.63, 3.8) is 0 Å². The van der Waals surface area contributed by atoms with Crippen LogP contribution in [0.2, 0.25) is 5.02 Å². The molecule has 0 saturated carbocycles. The van der Waals surface area contributed by atoms with Gasteiger partial charge in [0.25, 0.3) is 0 Å². The Morgan fingerprint density at radius 3 is 2.40 bits per heavy atom. The first-order valence-electron chi connectivity index (χ1n) is 9.11. The molecule has 0 fully saturated rings. The molecule has 3 aromatic rings. The zero-order chi connectivity index (χ0) is 21.7. The van der Waals surface area contributed by atoms with Crippen LogP contribution in [-0.4, -0.2) is 25.2 Å². The second-order valence-corrected chi connectivity index (χ2v) is 9.15. The van der Waals surface area contributed by atoms with E-state index in [1.807, 2.05) is 25.1 Å². The average molecular weight is 447 g/mol. The van der Waals surface area contributed by atoms with Gasteiger partial charge in [0.15, 0.2) is 0 Å². The third-order valence-corrected chi connectivity index (χ3v) is 6.38. The third-order valence-electron chi connectivity index (χ3n) is 4.32. The van der Waals surface area contributed by atoms with Gasteiger partial charge in [-0.3, -0.25) is 4.79 Å². The Morgan fingerprint density at radius 1 is 1.03 bits per heavy atom. The number of anilines is 1. The van der Waals surface area contributed by atoms with Gasteiger partial charge in [-0.1, -0.05) is 47.5 Å². The molecule has 0 aliphatic carbocycles. The number of hydrogen-bond donors (Lipinski definition) is 1. The van der Waals surface area contributed by atoms with Gasteiger partial charge in [-0.05, 0) is 55.0 Å². The summed E-state index contributed by atoms with van der Waals surface area (Å²) >= 11 is 5.87. The average Bonchev–Trinajstić information content (AvgIpc) is 2.68. The molecule has 156 valence electrons. The molecule has 0 aromatic heterocycles. The molecule has 3 rings (SSSR count). The molecule has 3 aromatic carbocycles. The normalized spacial score (nSPS) is 11.5. The summed E-state index contributed by atoms with van der Waals surface area (Å²) in [5, 5.41) is 2.94. The lowest BCUT2D eigenvalue weighted by Gasteiger charge is -2.22. The molecule has 1 amide bonds. The van der Waals surface area contributed by atoms with Crippen LogP contribution in [0.15, 0.2) is 77.7 Å². The van der Waals surface area contributed by atoms with Crippen LogP contribution in [0.25, 0.3) is 0 Å². The lowest BCUT2D eigenvalue weighted by atomic mass is 10.1. The van der Waals surface area contributed by atoms with Crippen molar-refractivity contribution in [2.75, 3.05) is 11.9 Å². The van der Waals surface area contributed by atoms with Crippen LogP contribution in [0.1, 0.15) is 11.1 Å². The molecule has 0 atom stereocenters. The molecule has 8 heteroatoms. The first-order valence-corrected chi connectivity index (χ1v) is 10.9. The van der Waals surface area contributed by atoms with E-state index in [0.29, 0.717) is 5.02 Å². The van der Waals surface area contributed by atoms with Crippen molar-refractivity contribution < 1.29 is 17.6 Å². The standard InChI is InChI=1S/C22H20ClFN2O3S/c1-16-4-2-5-17(12-16)14-26(30(28,29)21-10-8-18(23)9-11-21)15-22(27)25-20-7-3-6-19(24)13-20/h2-13H,14-15H2,1H3,(H,25,27). The van der Waals surface area contributed by atoms with Crippen molar-refractivity contribution in [1.29, 1.82) is 0 Å². The van der Waals surface area contributed by atoms with Crippen molar-refractivity contribution in [3.05, 3.63) is 94.8 Å². The van der Waals surface area contributed by atoms with E-state index in [-0.39, 0.29) is 17.1 Å². The Kier molecular flexibility index (Phi) is 6.87. The highest BCUT2D eigenvalue weighted by Gasteiger charge is 2.27. The number of benzene rings is 3. The van der Waals surface area contributed by atoms with Crippen LogP contribution in [0, 0.1) is 12.7 Å². The quantitative estimate of drug-likeness (QED) is 0.576. The van der Waals surface area contributed by atoms with Gasteiger partial charge < -0.3 is 5.32 Å². The van der Waals surface area contributed by atoms with Crippen molar-refractivity contribution in [1.82, 2.24) is 4.31 Å². The molecule has 0 bridgehead atoms. The van der Waals surface area contributed by atoms with Crippen molar-refractivity contribution >= 4 is 33.2 Å². The Bertz CT molecular complexity index is 1150. The van der Waals surface area contributed by atoms with Crippen LogP contribution >= 0.6 is 11.6 Å². The Labute approximate surface area is 180 Å². The summed E-state index contributed by atoms with van der Waals surface area (Å²) in [4.78, 5) is 12.6. The van der Waals surface area contributed by atoms with Gasteiger partial charge in [0.2, 0.25) is 15.9 Å². The van der Waals surface area contributed by atoms with Gasteiger partial charge in [0, 0.05) is 17.3 Å². The van der Waals surface area contributed by atoms with Crippen molar-refractivity contribution in [2.45, 2.75) is 18.4 Å². The zero-order valence-electron chi connectivity index (χ0n) is 16.2. The number of carbonyl (C=O) groups is 1. The number of aryl methyl sites for hydroxylation is 1. The lowest BCUT2D eigenvalue weighted by Crippen LogP contribution is -2.37. The fourth-order valence-corrected chi connectivity index (χ4v) is 4.43. The topological polar surface area (TPSA) is 66.5 Å². The maximum absolute atomic E-state index is 13.4. The largest absolute Gasteiger partial charge is 0.325 e. The van der Waals surface area contributed by atoms with Crippen LogP contribution in [0.3, 0.4) is 0 Å². The monoisotopic (exact) mass is 446 g/mol. The van der Waals surface area contributed by atoms with E-state index in [9.17, 15) is 17.6 Å². The van der Waals surface area contributed by atoms with E-state index in [1.165, 1.54) is 42.5 Å². The predicted octanol–water partition coefficient (Wildman–Crippen LogP) is 4.62. The SMILES string of the molecule is Cc1cccc(CN(CC(=O)Nc2cccc(F)c2)S(=O)(=O)c2ccc(Cl)cc2)c1. The molecule has 30 heavy (non-hydrogen) atoms. The highest BCUT2D eigenvalue weighted by molar-refractivity contribution is 7.89. The molecule has 1 N–H and O–H groups in total. The molecule has 0 aliphatic rings. The number of nitrogens with zero attached hydrogens (tertiary/aromatic N) is 1. The van der Waals surface area contributed by atoms with E-state index < -0.39 is 28.3 Å². The van der Waals surface area contributed by atoms with Crippen molar-refractivity contribution in [3.8, 4) is 0 Å². The van der Waals surface area contributed by atoms with Gasteiger partial charge in [-0.25, -0.2) is 12.8 Å². The molecule has 0 spiro atoms. The second-order valence-electron chi connectivity index (χ2n) is 6.77. The minimum atomic E-state index is -3.98. The van der Waals surface area contributed by atoms with Gasteiger partial charge in [-0.15, -0.1) is 0 Å². The summed E-state index contributed by atoms with van der Waals surface area (Å²) in [6, 6.07) is 18.5. The zero-order valence-corrected chi connectivity index (χ0v) is 17.8. The van der Waals surface area contributed by atoms with Crippen LogP contribution in [0.5, 0.6) is 0 Å². The predicted molar refractivity (Wildman–Crippen MR) is 115 cm³/mol. The smallest absolute Gasteiger partial charge is 0.243 e. The van der Waals surface area contributed by atoms with E-state index in [1.54, 1.807) is 6.07 Å². The van der Waals surface area contributed by atoms with E-state index in [4.69, 9.17) is 11.6 Å². The highest BCUT2D eigenvalue weighted by atomic mass is 35.5. The molecule has 0 saturated heterocycles. The fourth-order valence-electron chi connectivity index (χ4n) is 2.92. The number of halogens is 2. The minimum Gasteiger partial charge on any atom is -0.325 e. The number of nitrogens with one attached hydrogen (secondary N) is 1. The first-order chi connectivity index (χ1) is 14.2. The highest BCUT2D eigenvalue weighted by Crippen LogP contribution is 2.21. The van der Waals surface area contributed by atoms with Crippen molar-refractivity contribution in [2.24, 2.45) is 0 Å². The lowest BCUT2D eigenvalue weighted by molar-refractivity contribution is -0.116. The van der Waals surface area contributed by atoms with E-state index in [2.05, 4.69) is 5.32 Å². The molecule has 0 heterocycles. The molecular formula is C22H20ClFN2O3S. The number of hydrogen-bond acceptors (Lipinski definition) is 3. The molecule has 0 unspecified atom stereocenters.